The summed E-state index contributed by atoms with van der Waals surface area (Å²) < 4.78 is 21.9. The standard InChI is InChI=1S/C56H66FN9O12S/c1-5-56(77)36-23-41-51-34(28-66(41)53(75)35(36)29-78-54(56)76)50-38(16-15-33-31(2)37(57)24-39(64-51)49(33)50)62-43(68)19-20-55(3,4)79-30-61-45(70)26-60-52(74)40(22-32-12-8-6-9-13-32)63-46(71)27-59-44(69)25-58-42(67)14-10-7-11-21-65-47(72)17-18-48(65)73/h6,8-9,12-13,17-18,23-24,38,40,54,76-77H,5,7,10-11,14-16,19-22,25-30H2,1-4H3,(H,58,67)(H,59,69)(H,60,74)(H,61,70)(H,62,68)(H,63,71)/t38-,40-,54?,56-/m0/s1. The number of aromatic nitrogens is 2. The van der Waals surface area contributed by atoms with E-state index in [4.69, 9.17) is 9.72 Å². The van der Waals surface area contributed by atoms with Gasteiger partial charge in [0.1, 0.15) is 17.5 Å². The first-order valence-corrected chi connectivity index (χ1v) is 27.5. The summed E-state index contributed by atoms with van der Waals surface area (Å²) >= 11 is 1.40. The largest absolute Gasteiger partial charge is 0.380 e. The molecule has 23 heteroatoms. The van der Waals surface area contributed by atoms with Crippen molar-refractivity contribution in [1.29, 1.82) is 0 Å². The Balaban J connectivity index is 0.796. The van der Waals surface area contributed by atoms with Gasteiger partial charge in [0.05, 0.1) is 61.6 Å². The highest BCUT2D eigenvalue weighted by molar-refractivity contribution is 8.00. The summed E-state index contributed by atoms with van der Waals surface area (Å²) in [5, 5.41) is 39.0. The molecule has 0 radical (unpaired) electrons. The van der Waals surface area contributed by atoms with Gasteiger partial charge in [-0.15, -0.1) is 11.8 Å². The number of thioether (sulfide) groups is 1. The number of imide groups is 1. The van der Waals surface area contributed by atoms with E-state index in [-0.39, 0.29) is 92.6 Å². The van der Waals surface area contributed by atoms with Crippen LogP contribution in [0.3, 0.4) is 0 Å². The summed E-state index contributed by atoms with van der Waals surface area (Å²) in [5.74, 6) is -4.07. The number of aryl methyl sites for hydroxylation is 1. The first kappa shape index (κ1) is 57.8. The molecule has 0 spiro atoms. The summed E-state index contributed by atoms with van der Waals surface area (Å²) in [7, 11) is 0. The molecule has 79 heavy (non-hydrogen) atoms. The number of pyridine rings is 2. The van der Waals surface area contributed by atoms with E-state index in [0.29, 0.717) is 66.6 Å². The number of carbonyl (C=O) groups excluding carboxylic acids is 8. The maximum absolute atomic E-state index is 15.5. The number of unbranched alkanes of at least 4 members (excludes halogenated alkanes) is 2. The highest BCUT2D eigenvalue weighted by Crippen LogP contribution is 2.46. The van der Waals surface area contributed by atoms with Crippen LogP contribution < -0.4 is 37.5 Å². The molecular weight excluding hydrogens is 1040 g/mol. The zero-order valence-corrected chi connectivity index (χ0v) is 45.4. The second-order valence-electron chi connectivity index (χ2n) is 20.8. The van der Waals surface area contributed by atoms with Gasteiger partial charge in [-0.1, -0.05) is 57.5 Å². The van der Waals surface area contributed by atoms with Gasteiger partial charge in [-0.05, 0) is 73.8 Å². The minimum atomic E-state index is -1.84. The first-order valence-electron chi connectivity index (χ1n) is 26.5. The predicted octanol–water partition coefficient (Wildman–Crippen LogP) is 2.35. The number of rotatable bonds is 24. The topological polar surface area (TPSA) is 297 Å². The van der Waals surface area contributed by atoms with Gasteiger partial charge in [0.25, 0.3) is 17.4 Å². The van der Waals surface area contributed by atoms with Crippen molar-refractivity contribution in [3.8, 4) is 11.4 Å². The average molecular weight is 1110 g/mol. The van der Waals surface area contributed by atoms with Crippen molar-refractivity contribution < 1.29 is 57.7 Å². The number of nitrogens with zero attached hydrogens (tertiary/aromatic N) is 3. The fourth-order valence-corrected chi connectivity index (χ4v) is 11.3. The second kappa shape index (κ2) is 24.8. The lowest BCUT2D eigenvalue weighted by Crippen LogP contribution is -2.52. The van der Waals surface area contributed by atoms with Crippen LogP contribution in [-0.4, -0.2) is 121 Å². The van der Waals surface area contributed by atoms with E-state index in [1.807, 2.05) is 13.8 Å². The lowest BCUT2D eigenvalue weighted by Gasteiger charge is -2.37. The summed E-state index contributed by atoms with van der Waals surface area (Å²) in [6, 6.07) is 10.3. The number of ether oxygens (including phenoxy) is 1. The molecule has 0 bridgehead atoms. The second-order valence-corrected chi connectivity index (χ2v) is 22.5. The Bertz CT molecular complexity index is 3170. The molecule has 8 rings (SSSR count). The van der Waals surface area contributed by atoms with Crippen LogP contribution in [0.25, 0.3) is 22.3 Å². The fourth-order valence-electron chi connectivity index (χ4n) is 10.4. The lowest BCUT2D eigenvalue weighted by atomic mass is 9.81. The zero-order chi connectivity index (χ0) is 56.8. The minimum Gasteiger partial charge on any atom is -0.380 e. The Morgan fingerprint density at radius 1 is 0.873 bits per heavy atom. The number of halogens is 1. The van der Waals surface area contributed by atoms with E-state index >= 15 is 4.39 Å². The van der Waals surface area contributed by atoms with Crippen molar-refractivity contribution in [3.05, 3.63) is 110 Å². The van der Waals surface area contributed by atoms with E-state index in [1.165, 1.54) is 30.0 Å². The van der Waals surface area contributed by atoms with Gasteiger partial charge < -0.3 is 51.4 Å². The number of amides is 8. The predicted molar refractivity (Wildman–Crippen MR) is 289 cm³/mol. The van der Waals surface area contributed by atoms with Gasteiger partial charge in [0, 0.05) is 70.8 Å². The SMILES string of the molecule is CC[C@]1(O)c2cc3n(c(=O)c2COC1O)Cc1c-3nc2cc(F)c(C)c3c2c1[C@@H](NC(=O)CCC(C)(C)SCNC(=O)CNC(=O)[C@H](Cc1ccccc1)NC(=O)CNC(=O)CNC(=O)CCCCCN1C(=O)C=CC1=O)CC3. The molecule has 21 nitrogen and oxygen atoms in total. The number of aliphatic hydroxyl groups is 2. The molecule has 4 aliphatic rings. The Kier molecular flexibility index (Phi) is 18.1. The molecule has 0 fully saturated rings. The normalized spacial score (nSPS) is 18.3. The van der Waals surface area contributed by atoms with Crippen LogP contribution in [0, 0.1) is 12.7 Å². The van der Waals surface area contributed by atoms with Crippen LogP contribution >= 0.6 is 11.8 Å². The molecule has 8 N–H and O–H groups in total. The first-order chi connectivity index (χ1) is 37.7. The number of carbonyl (C=O) groups is 8. The fraction of sp³-hybridized carbons (Fsp3) is 0.464. The van der Waals surface area contributed by atoms with Crippen LogP contribution in [0.2, 0.25) is 0 Å². The van der Waals surface area contributed by atoms with Gasteiger partial charge in [0.15, 0.2) is 6.29 Å². The van der Waals surface area contributed by atoms with Crippen LogP contribution in [0.4, 0.5) is 4.39 Å². The van der Waals surface area contributed by atoms with Crippen LogP contribution in [0.15, 0.2) is 59.4 Å². The maximum atomic E-state index is 15.5. The van der Waals surface area contributed by atoms with E-state index in [1.54, 1.807) is 54.8 Å². The third kappa shape index (κ3) is 13.2. The van der Waals surface area contributed by atoms with E-state index in [2.05, 4.69) is 31.9 Å². The molecule has 5 heterocycles. The number of hydrogen-bond acceptors (Lipinski definition) is 14. The number of fused-ring (bicyclic) bond motifs is 5. The van der Waals surface area contributed by atoms with Gasteiger partial charge >= 0.3 is 0 Å². The number of aliphatic hydroxyl groups excluding tert-OH is 1. The molecule has 0 saturated heterocycles. The quantitative estimate of drug-likeness (QED) is 0.0250. The van der Waals surface area contributed by atoms with Crippen molar-refractivity contribution >= 4 is 69.9 Å². The van der Waals surface area contributed by atoms with Crippen LogP contribution in [-0.2, 0) is 74.7 Å². The summed E-state index contributed by atoms with van der Waals surface area (Å²) in [6.45, 7) is 6.18. The molecule has 0 saturated carbocycles. The Morgan fingerprint density at radius 3 is 2.30 bits per heavy atom. The van der Waals surface area contributed by atoms with Gasteiger partial charge in [-0.2, -0.15) is 0 Å². The average Bonchev–Trinajstić information content (AvgIpc) is 4.18. The zero-order valence-electron chi connectivity index (χ0n) is 44.6. The molecular formula is C56H66FN9O12S. The van der Waals surface area contributed by atoms with Crippen molar-refractivity contribution in [2.75, 3.05) is 32.1 Å². The van der Waals surface area contributed by atoms with Gasteiger partial charge in [-0.25, -0.2) is 9.37 Å². The van der Waals surface area contributed by atoms with E-state index in [9.17, 15) is 53.4 Å². The van der Waals surface area contributed by atoms with Crippen molar-refractivity contribution in [3.63, 3.8) is 0 Å². The highest BCUT2D eigenvalue weighted by Gasteiger charge is 2.45. The Hall–Kier alpha value is -7.34. The number of hydrogen-bond donors (Lipinski definition) is 8. The highest BCUT2D eigenvalue weighted by atomic mass is 32.2. The molecule has 3 aliphatic heterocycles. The molecule has 8 amide bonds. The molecule has 2 aromatic carbocycles. The molecule has 4 aromatic rings. The van der Waals surface area contributed by atoms with Crippen LogP contribution in [0.1, 0.15) is 117 Å². The number of nitrogens with one attached hydrogen (secondary N) is 6. The molecule has 4 atom stereocenters. The molecule has 1 unspecified atom stereocenters. The molecule has 2 aromatic heterocycles. The van der Waals surface area contributed by atoms with Crippen molar-refractivity contribution in [1.82, 2.24) is 46.4 Å². The van der Waals surface area contributed by atoms with Crippen LogP contribution in [0.5, 0.6) is 0 Å². The summed E-state index contributed by atoms with van der Waals surface area (Å²) in [4.78, 5) is 121. The Labute approximate surface area is 459 Å². The third-order valence-electron chi connectivity index (χ3n) is 15.0. The summed E-state index contributed by atoms with van der Waals surface area (Å²) in [6.07, 6.45) is 4.21. The monoisotopic (exact) mass is 1110 g/mol. The Morgan fingerprint density at radius 2 is 1.57 bits per heavy atom. The molecule has 420 valence electrons. The van der Waals surface area contributed by atoms with Gasteiger partial charge in [-0.3, -0.25) is 48.1 Å². The van der Waals surface area contributed by atoms with Crippen molar-refractivity contribution in [2.45, 2.75) is 134 Å². The third-order valence-corrected chi connectivity index (χ3v) is 16.3. The molecule has 1 aliphatic carbocycles. The number of benzene rings is 2. The summed E-state index contributed by atoms with van der Waals surface area (Å²) in [5.41, 5.74) is 2.96. The lowest BCUT2D eigenvalue weighted by molar-refractivity contribution is -0.236. The minimum absolute atomic E-state index is 0.0705. The maximum Gasteiger partial charge on any atom is 0.257 e. The van der Waals surface area contributed by atoms with E-state index < -0.39 is 76.8 Å². The van der Waals surface area contributed by atoms with E-state index in [0.717, 1.165) is 27.0 Å². The van der Waals surface area contributed by atoms with Gasteiger partial charge in [0.2, 0.25) is 35.4 Å². The smallest absolute Gasteiger partial charge is 0.257 e. The van der Waals surface area contributed by atoms with Crippen molar-refractivity contribution in [2.24, 2.45) is 0 Å².